The predicted molar refractivity (Wildman–Crippen MR) is 121 cm³/mol. The second kappa shape index (κ2) is 11.3. The molecule has 1 saturated heterocycles. The lowest BCUT2D eigenvalue weighted by Crippen LogP contribution is -2.42. The first-order chi connectivity index (χ1) is 12.7. The lowest BCUT2D eigenvalue weighted by Gasteiger charge is -2.26. The van der Waals surface area contributed by atoms with Gasteiger partial charge in [-0.15, -0.1) is 24.0 Å². The van der Waals surface area contributed by atoms with Gasteiger partial charge in [-0.1, -0.05) is 36.2 Å². The zero-order chi connectivity index (χ0) is 18.2. The molecule has 27 heavy (non-hydrogen) atoms. The summed E-state index contributed by atoms with van der Waals surface area (Å²) in [7, 11) is 1.78. The topological polar surface area (TPSA) is 65.7 Å². The maximum absolute atomic E-state index is 5.84. The van der Waals surface area contributed by atoms with Crippen LogP contribution in [0.25, 0.3) is 11.3 Å². The van der Waals surface area contributed by atoms with Crippen molar-refractivity contribution < 1.29 is 4.42 Å². The lowest BCUT2D eigenvalue weighted by atomic mass is 10.1. The number of aromatic nitrogens is 1. The number of aliphatic imine (C=N–C) groups is 1. The molecule has 3 rings (SSSR count). The van der Waals surface area contributed by atoms with Crippen molar-refractivity contribution in [2.75, 3.05) is 33.2 Å². The van der Waals surface area contributed by atoms with Crippen LogP contribution in [0.2, 0.25) is 0 Å². The monoisotopic (exact) mass is 483 g/mol. The van der Waals surface area contributed by atoms with E-state index in [0.717, 1.165) is 30.4 Å². The molecular weight excluding hydrogens is 453 g/mol. The van der Waals surface area contributed by atoms with Gasteiger partial charge >= 0.3 is 0 Å². The van der Waals surface area contributed by atoms with Gasteiger partial charge in [0, 0.05) is 25.7 Å². The van der Waals surface area contributed by atoms with E-state index in [9.17, 15) is 0 Å². The average Bonchev–Trinajstić information content (AvgIpc) is 3.15. The molecule has 6 nitrogen and oxygen atoms in total. The SMILES string of the molecule is CN=C(NCCN1CCCCC1)NCc1ncc(-c2ccc(C)cc2)o1.I. The number of nitrogens with zero attached hydrogens (tertiary/aromatic N) is 3. The Bertz CT molecular complexity index is 707. The highest BCUT2D eigenvalue weighted by molar-refractivity contribution is 14.0. The van der Waals surface area contributed by atoms with Gasteiger partial charge in [-0.25, -0.2) is 4.98 Å². The maximum Gasteiger partial charge on any atom is 0.214 e. The van der Waals surface area contributed by atoms with Crippen LogP contribution < -0.4 is 10.6 Å². The molecule has 148 valence electrons. The van der Waals surface area contributed by atoms with Crippen molar-refractivity contribution in [3.05, 3.63) is 41.9 Å². The lowest BCUT2D eigenvalue weighted by molar-refractivity contribution is 0.232. The highest BCUT2D eigenvalue weighted by Gasteiger charge is 2.10. The number of piperidine rings is 1. The number of nitrogens with one attached hydrogen (secondary N) is 2. The molecule has 0 atom stereocenters. The van der Waals surface area contributed by atoms with Crippen LogP contribution in [0.5, 0.6) is 0 Å². The highest BCUT2D eigenvalue weighted by Crippen LogP contribution is 2.20. The Morgan fingerprint density at radius 3 is 2.59 bits per heavy atom. The second-order valence-electron chi connectivity index (χ2n) is 6.74. The summed E-state index contributed by atoms with van der Waals surface area (Å²) >= 11 is 0. The Kier molecular flexibility index (Phi) is 9.06. The Labute approximate surface area is 178 Å². The molecule has 0 radical (unpaired) electrons. The van der Waals surface area contributed by atoms with E-state index in [-0.39, 0.29) is 24.0 Å². The second-order valence-corrected chi connectivity index (χ2v) is 6.74. The van der Waals surface area contributed by atoms with Crippen molar-refractivity contribution in [3.8, 4) is 11.3 Å². The summed E-state index contributed by atoms with van der Waals surface area (Å²) in [5, 5.41) is 6.62. The fraction of sp³-hybridized carbons (Fsp3) is 0.500. The van der Waals surface area contributed by atoms with Crippen molar-refractivity contribution >= 4 is 29.9 Å². The zero-order valence-electron chi connectivity index (χ0n) is 16.2. The van der Waals surface area contributed by atoms with Gasteiger partial charge in [-0.2, -0.15) is 0 Å². The van der Waals surface area contributed by atoms with Crippen LogP contribution in [0.3, 0.4) is 0 Å². The van der Waals surface area contributed by atoms with Gasteiger partial charge in [0.05, 0.1) is 12.7 Å². The molecule has 1 aromatic carbocycles. The van der Waals surface area contributed by atoms with Crippen molar-refractivity contribution in [1.82, 2.24) is 20.5 Å². The number of aryl methyl sites for hydroxylation is 1. The van der Waals surface area contributed by atoms with Crippen LogP contribution in [0.4, 0.5) is 0 Å². The van der Waals surface area contributed by atoms with E-state index in [0.29, 0.717) is 12.4 Å². The minimum atomic E-state index is 0. The van der Waals surface area contributed by atoms with Crippen LogP contribution in [0.15, 0.2) is 39.9 Å². The molecular formula is C20H30IN5O. The van der Waals surface area contributed by atoms with Crippen LogP contribution in [0.1, 0.15) is 30.7 Å². The molecule has 1 aliphatic rings. The van der Waals surface area contributed by atoms with Crippen LogP contribution in [0, 0.1) is 6.92 Å². The Hall–Kier alpha value is -1.61. The van der Waals surface area contributed by atoms with Crippen LogP contribution in [-0.4, -0.2) is 49.1 Å². The number of rotatable bonds is 6. The third-order valence-electron chi connectivity index (χ3n) is 4.69. The van der Waals surface area contributed by atoms with Gasteiger partial charge in [0.25, 0.3) is 0 Å². The molecule has 7 heteroatoms. The smallest absolute Gasteiger partial charge is 0.214 e. The Balaban J connectivity index is 0.00000261. The first-order valence-corrected chi connectivity index (χ1v) is 9.43. The average molecular weight is 483 g/mol. The molecule has 1 aromatic heterocycles. The summed E-state index contributed by atoms with van der Waals surface area (Å²) in [6.45, 7) is 6.95. The van der Waals surface area contributed by atoms with E-state index in [1.165, 1.54) is 37.9 Å². The summed E-state index contributed by atoms with van der Waals surface area (Å²) in [5.41, 5.74) is 2.27. The van der Waals surface area contributed by atoms with E-state index in [1.807, 2.05) is 12.1 Å². The van der Waals surface area contributed by atoms with Crippen LogP contribution >= 0.6 is 24.0 Å². The van der Waals surface area contributed by atoms with E-state index >= 15 is 0 Å². The number of likely N-dealkylation sites (tertiary alicyclic amines) is 1. The van der Waals surface area contributed by atoms with Crippen molar-refractivity contribution in [2.45, 2.75) is 32.7 Å². The summed E-state index contributed by atoms with van der Waals surface area (Å²) in [6, 6.07) is 8.25. The van der Waals surface area contributed by atoms with Gasteiger partial charge < -0.3 is 20.0 Å². The molecule has 0 amide bonds. The zero-order valence-corrected chi connectivity index (χ0v) is 18.5. The summed E-state index contributed by atoms with van der Waals surface area (Å²) < 4.78 is 5.84. The molecule has 1 fully saturated rings. The number of hydrogen-bond acceptors (Lipinski definition) is 4. The van der Waals surface area contributed by atoms with E-state index in [1.54, 1.807) is 13.2 Å². The number of benzene rings is 1. The first-order valence-electron chi connectivity index (χ1n) is 9.43. The van der Waals surface area contributed by atoms with Gasteiger partial charge in [-0.3, -0.25) is 4.99 Å². The predicted octanol–water partition coefficient (Wildman–Crippen LogP) is 3.42. The first kappa shape index (κ1) is 21.7. The molecule has 0 aliphatic carbocycles. The third kappa shape index (κ3) is 6.80. The fourth-order valence-corrected chi connectivity index (χ4v) is 3.14. The van der Waals surface area contributed by atoms with E-state index in [2.05, 4.69) is 44.6 Å². The standard InChI is InChI=1S/C20H29N5O.HI/c1-16-6-8-17(9-7-16)18-14-23-19(26-18)15-24-20(21-2)22-10-13-25-11-4-3-5-12-25;/h6-9,14H,3-5,10-13,15H2,1-2H3,(H2,21,22,24);1H. The summed E-state index contributed by atoms with van der Waals surface area (Å²) in [6.07, 6.45) is 5.78. The van der Waals surface area contributed by atoms with Crippen molar-refractivity contribution in [1.29, 1.82) is 0 Å². The van der Waals surface area contributed by atoms with Crippen molar-refractivity contribution in [3.63, 3.8) is 0 Å². The van der Waals surface area contributed by atoms with Gasteiger partial charge in [-0.05, 0) is 32.9 Å². The number of guanidine groups is 1. The van der Waals surface area contributed by atoms with Crippen LogP contribution in [-0.2, 0) is 6.54 Å². The number of hydrogen-bond donors (Lipinski definition) is 2. The minimum absolute atomic E-state index is 0. The molecule has 0 unspecified atom stereocenters. The molecule has 0 saturated carbocycles. The van der Waals surface area contributed by atoms with Gasteiger partial charge in [0.1, 0.15) is 0 Å². The molecule has 0 spiro atoms. The maximum atomic E-state index is 5.84. The highest BCUT2D eigenvalue weighted by atomic mass is 127. The van der Waals surface area contributed by atoms with Gasteiger partial charge in [0.15, 0.2) is 11.7 Å². The fourth-order valence-electron chi connectivity index (χ4n) is 3.14. The molecule has 2 aromatic rings. The Morgan fingerprint density at radius 2 is 1.89 bits per heavy atom. The number of halogens is 1. The molecule has 1 aliphatic heterocycles. The third-order valence-corrected chi connectivity index (χ3v) is 4.69. The minimum Gasteiger partial charge on any atom is -0.439 e. The quantitative estimate of drug-likeness (QED) is 0.375. The normalized spacial score (nSPS) is 15.3. The Morgan fingerprint density at radius 1 is 1.15 bits per heavy atom. The molecule has 0 bridgehead atoms. The molecule has 2 heterocycles. The van der Waals surface area contributed by atoms with Crippen molar-refractivity contribution in [2.24, 2.45) is 4.99 Å². The molecule has 2 N–H and O–H groups in total. The summed E-state index contributed by atoms with van der Waals surface area (Å²) in [4.78, 5) is 11.1. The van der Waals surface area contributed by atoms with E-state index < -0.39 is 0 Å². The number of oxazole rings is 1. The largest absolute Gasteiger partial charge is 0.439 e. The van der Waals surface area contributed by atoms with Gasteiger partial charge in [0.2, 0.25) is 5.89 Å². The van der Waals surface area contributed by atoms with E-state index in [4.69, 9.17) is 4.42 Å². The summed E-state index contributed by atoms with van der Waals surface area (Å²) in [5.74, 6) is 2.21.